The summed E-state index contributed by atoms with van der Waals surface area (Å²) in [6.07, 6.45) is 0. The number of amides is 2. The molecule has 1 atom stereocenters. The number of ether oxygens (including phenoxy) is 1. The van der Waals surface area contributed by atoms with Gasteiger partial charge in [0.15, 0.2) is 0 Å². The van der Waals surface area contributed by atoms with Gasteiger partial charge in [-0.3, -0.25) is 14.5 Å². The Labute approximate surface area is 150 Å². The van der Waals surface area contributed by atoms with Crippen LogP contribution in [0, 0.1) is 0 Å². The predicted octanol–water partition coefficient (Wildman–Crippen LogP) is 1.01. The Balaban J connectivity index is 2.16. The fourth-order valence-electron chi connectivity index (χ4n) is 2.87. The highest BCUT2D eigenvalue weighted by Gasteiger charge is 2.38. The number of nitrogens with two attached hydrogens (primary N) is 1. The molecule has 0 radical (unpaired) electrons. The molecule has 2 aromatic rings. The van der Waals surface area contributed by atoms with Gasteiger partial charge in [0.05, 0.1) is 16.3 Å². The molecule has 0 saturated carbocycles. The van der Waals surface area contributed by atoms with E-state index in [0.29, 0.717) is 11.3 Å². The quantitative estimate of drug-likeness (QED) is 0.826. The van der Waals surface area contributed by atoms with Gasteiger partial charge in [-0.25, -0.2) is 13.6 Å². The number of methoxy groups -OCH3 is 1. The van der Waals surface area contributed by atoms with E-state index >= 15 is 0 Å². The molecule has 1 heterocycles. The number of nitrogens with one attached hydrogen (secondary N) is 1. The number of primary sulfonamides is 1. The third-order valence-corrected chi connectivity index (χ3v) is 4.88. The predicted molar refractivity (Wildman–Crippen MR) is 95.0 cm³/mol. The van der Waals surface area contributed by atoms with Crippen molar-refractivity contribution < 1.29 is 22.7 Å². The number of nitrogens with zero attached hydrogens (tertiary/aromatic N) is 1. The highest BCUT2D eigenvalue weighted by molar-refractivity contribution is 7.89. The normalized spacial score (nSPS) is 16.8. The van der Waals surface area contributed by atoms with E-state index in [4.69, 9.17) is 9.88 Å². The molecule has 0 saturated heterocycles. The topological polar surface area (TPSA) is 119 Å². The molecule has 0 aliphatic carbocycles. The van der Waals surface area contributed by atoms with Gasteiger partial charge in [-0.2, -0.15) is 0 Å². The average molecular weight is 375 g/mol. The number of hydrogen-bond donors (Lipinski definition) is 2. The lowest BCUT2D eigenvalue weighted by molar-refractivity contribution is -0.126. The Morgan fingerprint density at radius 2 is 1.92 bits per heavy atom. The zero-order valence-electron chi connectivity index (χ0n) is 13.9. The number of anilines is 2. The third-order valence-electron chi connectivity index (χ3n) is 3.97. The lowest BCUT2D eigenvalue weighted by Gasteiger charge is -2.36. The van der Waals surface area contributed by atoms with Crippen LogP contribution in [0.4, 0.5) is 11.4 Å². The molecule has 0 fully saturated rings. The van der Waals surface area contributed by atoms with Crippen LogP contribution in [0.1, 0.15) is 11.6 Å². The molecule has 1 aliphatic rings. The van der Waals surface area contributed by atoms with Gasteiger partial charge in [-0.05, 0) is 23.8 Å². The second-order valence-corrected chi connectivity index (χ2v) is 7.28. The summed E-state index contributed by atoms with van der Waals surface area (Å²) in [6.45, 7) is -0.229. The fraction of sp³-hybridized carbons (Fsp3) is 0.176. The van der Waals surface area contributed by atoms with Gasteiger partial charge in [0.1, 0.15) is 12.6 Å². The summed E-state index contributed by atoms with van der Waals surface area (Å²) in [5, 5.41) is 7.80. The first-order valence-corrected chi connectivity index (χ1v) is 9.21. The molecule has 1 aliphatic heterocycles. The summed E-state index contributed by atoms with van der Waals surface area (Å²) in [6, 6.07) is 11.9. The molecule has 26 heavy (non-hydrogen) atoms. The molecular formula is C17H17N3O5S. The minimum atomic E-state index is -3.95. The lowest BCUT2D eigenvalue weighted by Crippen LogP contribution is -2.46. The second-order valence-electron chi connectivity index (χ2n) is 5.72. The van der Waals surface area contributed by atoms with E-state index in [1.54, 1.807) is 30.3 Å². The van der Waals surface area contributed by atoms with Gasteiger partial charge >= 0.3 is 0 Å². The van der Waals surface area contributed by atoms with Crippen molar-refractivity contribution in [3.05, 3.63) is 54.1 Å². The van der Waals surface area contributed by atoms with Crippen molar-refractivity contribution >= 4 is 33.2 Å². The Kier molecular flexibility index (Phi) is 4.77. The largest absolute Gasteiger partial charge is 0.375 e. The molecule has 0 bridgehead atoms. The highest BCUT2D eigenvalue weighted by atomic mass is 32.2. The van der Waals surface area contributed by atoms with Crippen molar-refractivity contribution in [2.45, 2.75) is 10.9 Å². The average Bonchev–Trinajstić information content (AvgIpc) is 2.60. The summed E-state index contributed by atoms with van der Waals surface area (Å²) in [4.78, 5) is 26.5. The van der Waals surface area contributed by atoms with Gasteiger partial charge in [-0.1, -0.05) is 30.3 Å². The minimum absolute atomic E-state index is 0.158. The van der Waals surface area contributed by atoms with Crippen molar-refractivity contribution in [2.75, 3.05) is 23.9 Å². The van der Waals surface area contributed by atoms with Crippen LogP contribution in [0.5, 0.6) is 0 Å². The first kappa shape index (κ1) is 18.1. The van der Waals surface area contributed by atoms with Crippen molar-refractivity contribution in [3.63, 3.8) is 0 Å². The van der Waals surface area contributed by atoms with E-state index in [1.165, 1.54) is 30.2 Å². The van der Waals surface area contributed by atoms with E-state index in [1.807, 2.05) is 0 Å². The van der Waals surface area contributed by atoms with Gasteiger partial charge in [0.2, 0.25) is 10.0 Å². The molecule has 2 aromatic carbocycles. The Morgan fingerprint density at radius 3 is 2.54 bits per heavy atom. The molecule has 2 amide bonds. The number of sulfonamides is 1. The summed E-state index contributed by atoms with van der Waals surface area (Å²) >= 11 is 0. The fourth-order valence-corrected chi connectivity index (χ4v) is 3.41. The second kappa shape index (κ2) is 6.87. The van der Waals surface area contributed by atoms with Crippen LogP contribution in [0.25, 0.3) is 0 Å². The van der Waals surface area contributed by atoms with Crippen molar-refractivity contribution in [1.29, 1.82) is 0 Å². The van der Waals surface area contributed by atoms with Crippen LogP contribution in [0.3, 0.4) is 0 Å². The summed E-state index contributed by atoms with van der Waals surface area (Å²) in [5.74, 6) is -0.888. The van der Waals surface area contributed by atoms with Crippen LogP contribution in [0.15, 0.2) is 53.4 Å². The van der Waals surface area contributed by atoms with Gasteiger partial charge in [0.25, 0.3) is 11.8 Å². The van der Waals surface area contributed by atoms with Crippen LogP contribution in [-0.2, 0) is 24.3 Å². The Bertz CT molecular complexity index is 960. The van der Waals surface area contributed by atoms with Gasteiger partial charge in [-0.15, -0.1) is 0 Å². The molecular weight excluding hydrogens is 358 g/mol. The number of fused-ring (bicyclic) bond motifs is 1. The molecule has 3 N–H and O–H groups in total. The maximum Gasteiger partial charge on any atom is 0.254 e. The number of benzene rings is 2. The first-order chi connectivity index (χ1) is 12.3. The van der Waals surface area contributed by atoms with Gasteiger partial charge < -0.3 is 10.1 Å². The first-order valence-electron chi connectivity index (χ1n) is 7.66. The van der Waals surface area contributed by atoms with Crippen LogP contribution >= 0.6 is 0 Å². The summed E-state index contributed by atoms with van der Waals surface area (Å²) < 4.78 is 28.1. The number of carbonyl (C=O) groups is 2. The monoisotopic (exact) mass is 375 g/mol. The van der Waals surface area contributed by atoms with Gasteiger partial charge in [0, 0.05) is 7.11 Å². The number of hydrogen-bond acceptors (Lipinski definition) is 5. The zero-order valence-corrected chi connectivity index (χ0v) is 14.7. The third kappa shape index (κ3) is 3.32. The van der Waals surface area contributed by atoms with Crippen LogP contribution in [0.2, 0.25) is 0 Å². The Hall–Kier alpha value is -2.75. The molecule has 8 nitrogen and oxygen atoms in total. The van der Waals surface area contributed by atoms with E-state index in [0.717, 1.165) is 0 Å². The van der Waals surface area contributed by atoms with Crippen molar-refractivity contribution in [3.8, 4) is 0 Å². The van der Waals surface area contributed by atoms with E-state index in [9.17, 15) is 18.0 Å². The Morgan fingerprint density at radius 1 is 1.23 bits per heavy atom. The maximum atomic E-state index is 12.7. The minimum Gasteiger partial charge on any atom is -0.375 e. The van der Waals surface area contributed by atoms with E-state index < -0.39 is 27.9 Å². The van der Waals surface area contributed by atoms with Crippen molar-refractivity contribution in [1.82, 2.24) is 0 Å². The SMILES string of the molecule is COCC(=O)N1c2ccc(S(N)(=O)=O)cc2NC(=O)C1c1ccccc1. The summed E-state index contributed by atoms with van der Waals surface area (Å²) in [5.41, 5.74) is 1.18. The molecule has 9 heteroatoms. The van der Waals surface area contributed by atoms with E-state index in [2.05, 4.69) is 5.32 Å². The smallest absolute Gasteiger partial charge is 0.254 e. The molecule has 1 unspecified atom stereocenters. The number of carbonyl (C=O) groups excluding carboxylic acids is 2. The zero-order chi connectivity index (χ0) is 18.9. The maximum absolute atomic E-state index is 12.7. The standard InChI is InChI=1S/C17H17N3O5S/c1-25-10-15(21)20-14-8-7-12(26(18,23)24)9-13(14)19-17(22)16(20)11-5-3-2-4-6-11/h2-9,16H,10H2,1H3,(H,19,22)(H2,18,23,24). The number of rotatable bonds is 4. The van der Waals surface area contributed by atoms with Crippen LogP contribution < -0.4 is 15.4 Å². The molecule has 0 aromatic heterocycles. The molecule has 3 rings (SSSR count). The lowest BCUT2D eigenvalue weighted by atomic mass is 10.00. The molecule has 0 spiro atoms. The van der Waals surface area contributed by atoms with E-state index in [-0.39, 0.29) is 17.2 Å². The van der Waals surface area contributed by atoms with Crippen molar-refractivity contribution in [2.24, 2.45) is 5.14 Å². The summed E-state index contributed by atoms with van der Waals surface area (Å²) in [7, 11) is -2.57. The van der Waals surface area contributed by atoms with Crippen LogP contribution in [-0.4, -0.2) is 33.9 Å². The molecule has 136 valence electrons. The highest BCUT2D eigenvalue weighted by Crippen LogP contribution is 2.39.